The van der Waals surface area contributed by atoms with Crippen molar-refractivity contribution in [3.05, 3.63) is 29.6 Å². The van der Waals surface area contributed by atoms with Gasteiger partial charge >= 0.3 is 0 Å². The fourth-order valence-electron chi connectivity index (χ4n) is 3.64. The maximum Gasteiger partial charge on any atom is 0.272 e. The van der Waals surface area contributed by atoms with E-state index in [4.69, 9.17) is 4.98 Å². The number of rotatable bonds is 2. The minimum Gasteiger partial charge on any atom is -0.337 e. The zero-order chi connectivity index (χ0) is 15.4. The second-order valence-electron chi connectivity index (χ2n) is 6.76. The van der Waals surface area contributed by atoms with Gasteiger partial charge in [-0.2, -0.15) is 0 Å². The molecular formula is C18H27N3O. The molecule has 0 radical (unpaired) electrons. The van der Waals surface area contributed by atoms with E-state index in [1.165, 1.54) is 32.2 Å². The fourth-order valence-corrected chi connectivity index (χ4v) is 3.64. The Labute approximate surface area is 133 Å². The molecule has 0 bridgehead atoms. The lowest BCUT2D eigenvalue weighted by Gasteiger charge is -2.29. The largest absolute Gasteiger partial charge is 0.337 e. The number of hydrogen-bond donors (Lipinski definition) is 0. The van der Waals surface area contributed by atoms with Crippen molar-refractivity contribution in [3.8, 4) is 0 Å². The molecule has 22 heavy (non-hydrogen) atoms. The minimum atomic E-state index is 0.118. The molecule has 3 heterocycles. The highest BCUT2D eigenvalue weighted by molar-refractivity contribution is 5.92. The van der Waals surface area contributed by atoms with E-state index >= 15 is 0 Å². The van der Waals surface area contributed by atoms with Gasteiger partial charge in [0.25, 0.3) is 5.91 Å². The molecule has 4 heteroatoms. The van der Waals surface area contributed by atoms with Gasteiger partial charge in [-0.1, -0.05) is 18.9 Å². The van der Waals surface area contributed by atoms with Crippen LogP contribution in [-0.4, -0.2) is 53.9 Å². The van der Waals surface area contributed by atoms with E-state index in [1.807, 2.05) is 17.0 Å². The second kappa shape index (κ2) is 7.23. The third kappa shape index (κ3) is 3.67. The van der Waals surface area contributed by atoms with Crippen LogP contribution >= 0.6 is 0 Å². The van der Waals surface area contributed by atoms with Gasteiger partial charge in [0, 0.05) is 31.2 Å². The van der Waals surface area contributed by atoms with Gasteiger partial charge in [0.15, 0.2) is 0 Å². The molecule has 2 saturated heterocycles. The summed E-state index contributed by atoms with van der Waals surface area (Å²) in [7, 11) is 2.17. The van der Waals surface area contributed by atoms with Crippen molar-refractivity contribution < 1.29 is 4.79 Å². The number of likely N-dealkylation sites (tertiary alicyclic amines) is 2. The summed E-state index contributed by atoms with van der Waals surface area (Å²) >= 11 is 0. The molecule has 3 rings (SSSR count). The first-order valence-electron chi connectivity index (χ1n) is 8.69. The van der Waals surface area contributed by atoms with Crippen LogP contribution < -0.4 is 0 Å². The molecular weight excluding hydrogens is 274 g/mol. The Balaban J connectivity index is 1.73. The number of piperidine rings is 1. The summed E-state index contributed by atoms with van der Waals surface area (Å²) < 4.78 is 0. The first-order valence-corrected chi connectivity index (χ1v) is 8.69. The number of aromatic nitrogens is 1. The van der Waals surface area contributed by atoms with Gasteiger partial charge in [-0.15, -0.1) is 0 Å². The molecule has 0 spiro atoms. The molecule has 1 aromatic rings. The van der Waals surface area contributed by atoms with Crippen LogP contribution in [0, 0.1) is 0 Å². The van der Waals surface area contributed by atoms with Crippen LogP contribution in [0.5, 0.6) is 0 Å². The topological polar surface area (TPSA) is 36.4 Å². The molecule has 1 amide bonds. The predicted molar refractivity (Wildman–Crippen MR) is 88.1 cm³/mol. The minimum absolute atomic E-state index is 0.118. The average molecular weight is 301 g/mol. The Morgan fingerprint density at radius 3 is 2.59 bits per heavy atom. The molecule has 1 aromatic heterocycles. The highest BCUT2D eigenvalue weighted by atomic mass is 16.2. The molecule has 0 aromatic carbocycles. The van der Waals surface area contributed by atoms with Gasteiger partial charge in [0.05, 0.1) is 0 Å². The van der Waals surface area contributed by atoms with Gasteiger partial charge < -0.3 is 9.80 Å². The molecule has 0 saturated carbocycles. The third-order valence-electron chi connectivity index (χ3n) is 4.93. The van der Waals surface area contributed by atoms with Crippen molar-refractivity contribution >= 4 is 5.91 Å². The third-order valence-corrected chi connectivity index (χ3v) is 4.93. The zero-order valence-electron chi connectivity index (χ0n) is 13.6. The van der Waals surface area contributed by atoms with Crippen LogP contribution in [0.15, 0.2) is 18.2 Å². The fraction of sp³-hybridized carbons (Fsp3) is 0.667. The monoisotopic (exact) mass is 301 g/mol. The summed E-state index contributed by atoms with van der Waals surface area (Å²) in [6, 6.07) is 5.97. The summed E-state index contributed by atoms with van der Waals surface area (Å²) in [6.45, 7) is 3.99. The number of nitrogens with zero attached hydrogens (tertiary/aromatic N) is 3. The lowest BCUT2D eigenvalue weighted by Crippen LogP contribution is -2.33. The Bertz CT molecular complexity index is 509. The summed E-state index contributed by atoms with van der Waals surface area (Å²) in [5.74, 6) is 0.587. The van der Waals surface area contributed by atoms with Crippen LogP contribution in [0.25, 0.3) is 0 Å². The standard InChI is InChI=1S/C18H27N3O/c1-20-11-7-8-15(14-20)16-9-6-10-17(19-16)18(22)21-12-4-2-3-5-13-21/h6,9-10,15H,2-5,7-8,11-14H2,1H3/t15-/m1/s1. The van der Waals surface area contributed by atoms with E-state index < -0.39 is 0 Å². The zero-order valence-corrected chi connectivity index (χ0v) is 13.6. The second-order valence-corrected chi connectivity index (χ2v) is 6.76. The smallest absolute Gasteiger partial charge is 0.272 e. The van der Waals surface area contributed by atoms with Crippen molar-refractivity contribution in [1.29, 1.82) is 0 Å². The molecule has 120 valence electrons. The molecule has 2 aliphatic heterocycles. The summed E-state index contributed by atoms with van der Waals surface area (Å²) in [5.41, 5.74) is 1.72. The van der Waals surface area contributed by atoms with Crippen molar-refractivity contribution in [1.82, 2.24) is 14.8 Å². The Morgan fingerprint density at radius 1 is 1.09 bits per heavy atom. The Hall–Kier alpha value is -1.42. The highest BCUT2D eigenvalue weighted by Gasteiger charge is 2.23. The normalized spacial score (nSPS) is 24.0. The number of pyridine rings is 1. The molecule has 4 nitrogen and oxygen atoms in total. The van der Waals surface area contributed by atoms with E-state index in [0.29, 0.717) is 11.6 Å². The first-order chi connectivity index (χ1) is 10.7. The van der Waals surface area contributed by atoms with E-state index in [1.54, 1.807) is 0 Å². The quantitative estimate of drug-likeness (QED) is 0.843. The maximum absolute atomic E-state index is 12.7. The van der Waals surface area contributed by atoms with Crippen LogP contribution in [0.1, 0.15) is 60.6 Å². The first kappa shape index (κ1) is 15.5. The van der Waals surface area contributed by atoms with E-state index in [-0.39, 0.29) is 5.91 Å². The van der Waals surface area contributed by atoms with Crippen LogP contribution in [0.2, 0.25) is 0 Å². The summed E-state index contributed by atoms with van der Waals surface area (Å²) in [6.07, 6.45) is 7.13. The van der Waals surface area contributed by atoms with Gasteiger partial charge in [0.2, 0.25) is 0 Å². The van der Waals surface area contributed by atoms with Crippen molar-refractivity contribution in [2.45, 2.75) is 44.4 Å². The predicted octanol–water partition coefficient (Wildman–Crippen LogP) is 2.91. The Morgan fingerprint density at radius 2 is 1.86 bits per heavy atom. The van der Waals surface area contributed by atoms with Gasteiger partial charge in [0.1, 0.15) is 5.69 Å². The van der Waals surface area contributed by atoms with E-state index in [2.05, 4.69) is 18.0 Å². The lowest BCUT2D eigenvalue weighted by atomic mass is 9.94. The molecule has 0 N–H and O–H groups in total. The van der Waals surface area contributed by atoms with Crippen LogP contribution in [-0.2, 0) is 0 Å². The van der Waals surface area contributed by atoms with E-state index in [9.17, 15) is 4.79 Å². The van der Waals surface area contributed by atoms with Crippen molar-refractivity contribution in [3.63, 3.8) is 0 Å². The number of likely N-dealkylation sites (N-methyl/N-ethyl adjacent to an activating group) is 1. The maximum atomic E-state index is 12.7. The summed E-state index contributed by atoms with van der Waals surface area (Å²) in [5, 5.41) is 0. The Kier molecular flexibility index (Phi) is 5.08. The van der Waals surface area contributed by atoms with Gasteiger partial charge in [-0.05, 0) is 51.4 Å². The molecule has 1 atom stereocenters. The lowest BCUT2D eigenvalue weighted by molar-refractivity contribution is 0.0755. The molecule has 2 aliphatic rings. The molecule has 2 fully saturated rings. The average Bonchev–Trinajstić information content (AvgIpc) is 2.83. The summed E-state index contributed by atoms with van der Waals surface area (Å²) in [4.78, 5) is 21.8. The van der Waals surface area contributed by atoms with Gasteiger partial charge in [-0.3, -0.25) is 4.79 Å². The number of hydrogen-bond acceptors (Lipinski definition) is 3. The molecule has 0 aliphatic carbocycles. The SMILES string of the molecule is CN1CCC[C@@H](c2cccc(C(=O)N3CCCCCC3)n2)C1. The molecule has 0 unspecified atom stereocenters. The van der Waals surface area contributed by atoms with Crippen LogP contribution in [0.3, 0.4) is 0 Å². The number of carbonyl (C=O) groups is 1. The van der Waals surface area contributed by atoms with E-state index in [0.717, 1.165) is 38.2 Å². The van der Waals surface area contributed by atoms with Gasteiger partial charge in [-0.25, -0.2) is 4.98 Å². The van der Waals surface area contributed by atoms with Crippen LogP contribution in [0.4, 0.5) is 0 Å². The van der Waals surface area contributed by atoms with Crippen molar-refractivity contribution in [2.24, 2.45) is 0 Å². The highest BCUT2D eigenvalue weighted by Crippen LogP contribution is 2.25. The number of carbonyl (C=O) groups excluding carboxylic acids is 1. The van der Waals surface area contributed by atoms with Crippen molar-refractivity contribution in [2.75, 3.05) is 33.2 Å². The number of amides is 1.